The van der Waals surface area contributed by atoms with E-state index in [-0.39, 0.29) is 17.6 Å². The van der Waals surface area contributed by atoms with E-state index in [1.165, 1.54) is 24.0 Å². The van der Waals surface area contributed by atoms with E-state index in [9.17, 15) is 0 Å². The second kappa shape index (κ2) is 5.41. The van der Waals surface area contributed by atoms with Crippen molar-refractivity contribution in [2.24, 2.45) is 11.1 Å². The van der Waals surface area contributed by atoms with Crippen LogP contribution in [0.1, 0.15) is 50.8 Å². The highest BCUT2D eigenvalue weighted by molar-refractivity contribution is 5.31. The van der Waals surface area contributed by atoms with Crippen LogP contribution in [-0.2, 0) is 11.2 Å². The molecule has 0 fully saturated rings. The van der Waals surface area contributed by atoms with Gasteiger partial charge in [-0.05, 0) is 35.8 Å². The lowest BCUT2D eigenvalue weighted by Crippen LogP contribution is -2.37. The zero-order valence-corrected chi connectivity index (χ0v) is 11.8. The SMILES string of the molecule is CC(C)(C)C(CN)OC1CCCc2ccccc21. The summed E-state index contributed by atoms with van der Waals surface area (Å²) >= 11 is 0. The van der Waals surface area contributed by atoms with Crippen molar-refractivity contribution in [3.63, 3.8) is 0 Å². The van der Waals surface area contributed by atoms with Crippen molar-refractivity contribution in [3.05, 3.63) is 35.4 Å². The Bertz CT molecular complexity index is 394. The fourth-order valence-corrected chi connectivity index (χ4v) is 2.66. The first-order chi connectivity index (χ1) is 8.52. The van der Waals surface area contributed by atoms with E-state index in [2.05, 4.69) is 45.0 Å². The molecule has 0 radical (unpaired) electrons. The number of fused-ring (bicyclic) bond motifs is 1. The van der Waals surface area contributed by atoms with Crippen LogP contribution < -0.4 is 5.73 Å². The molecule has 0 aromatic heterocycles. The highest BCUT2D eigenvalue weighted by atomic mass is 16.5. The van der Waals surface area contributed by atoms with Crippen molar-refractivity contribution in [1.29, 1.82) is 0 Å². The van der Waals surface area contributed by atoms with Gasteiger partial charge in [0.05, 0.1) is 12.2 Å². The zero-order chi connectivity index (χ0) is 13.2. The maximum atomic E-state index is 6.31. The topological polar surface area (TPSA) is 35.2 Å². The second-order valence-electron chi connectivity index (χ2n) is 6.31. The van der Waals surface area contributed by atoms with Crippen molar-refractivity contribution < 1.29 is 4.74 Å². The third kappa shape index (κ3) is 2.93. The van der Waals surface area contributed by atoms with Gasteiger partial charge in [-0.1, -0.05) is 45.0 Å². The van der Waals surface area contributed by atoms with E-state index in [1.807, 2.05) is 0 Å². The monoisotopic (exact) mass is 247 g/mol. The van der Waals surface area contributed by atoms with Gasteiger partial charge in [-0.15, -0.1) is 0 Å². The molecule has 0 saturated heterocycles. The van der Waals surface area contributed by atoms with Crippen LogP contribution >= 0.6 is 0 Å². The standard InChI is InChI=1S/C16H25NO/c1-16(2,3)15(11-17)18-14-10-6-8-12-7-4-5-9-13(12)14/h4-5,7,9,14-15H,6,8,10-11,17H2,1-3H3. The zero-order valence-electron chi connectivity index (χ0n) is 11.8. The van der Waals surface area contributed by atoms with E-state index in [1.54, 1.807) is 0 Å². The minimum Gasteiger partial charge on any atom is -0.368 e. The van der Waals surface area contributed by atoms with Gasteiger partial charge in [0.1, 0.15) is 0 Å². The molecule has 0 heterocycles. The first-order valence-electron chi connectivity index (χ1n) is 6.95. The van der Waals surface area contributed by atoms with Gasteiger partial charge >= 0.3 is 0 Å². The molecule has 2 rings (SSSR count). The second-order valence-corrected chi connectivity index (χ2v) is 6.31. The predicted octanol–water partition coefficient (Wildman–Crippen LogP) is 3.45. The van der Waals surface area contributed by atoms with Crippen molar-refractivity contribution in [2.45, 2.75) is 52.2 Å². The van der Waals surface area contributed by atoms with Crippen molar-refractivity contribution in [3.8, 4) is 0 Å². The molecule has 2 N–H and O–H groups in total. The summed E-state index contributed by atoms with van der Waals surface area (Å²) in [6.45, 7) is 7.17. The van der Waals surface area contributed by atoms with Gasteiger partial charge in [0.2, 0.25) is 0 Å². The van der Waals surface area contributed by atoms with Gasteiger partial charge in [0, 0.05) is 6.54 Å². The molecular formula is C16H25NO. The Labute approximate surface area is 111 Å². The van der Waals surface area contributed by atoms with Crippen LogP contribution in [0.3, 0.4) is 0 Å². The first kappa shape index (κ1) is 13.6. The predicted molar refractivity (Wildman–Crippen MR) is 75.5 cm³/mol. The van der Waals surface area contributed by atoms with Crippen LogP contribution in [0.2, 0.25) is 0 Å². The summed E-state index contributed by atoms with van der Waals surface area (Å²) in [6, 6.07) is 8.65. The van der Waals surface area contributed by atoms with E-state index in [4.69, 9.17) is 10.5 Å². The van der Waals surface area contributed by atoms with Crippen LogP contribution in [0.5, 0.6) is 0 Å². The van der Waals surface area contributed by atoms with Gasteiger partial charge in [0.25, 0.3) is 0 Å². The van der Waals surface area contributed by atoms with E-state index in [0.717, 1.165) is 6.42 Å². The molecule has 1 aromatic carbocycles. The Morgan fingerprint density at radius 1 is 1.33 bits per heavy atom. The highest BCUT2D eigenvalue weighted by Crippen LogP contribution is 2.35. The lowest BCUT2D eigenvalue weighted by Gasteiger charge is -2.35. The van der Waals surface area contributed by atoms with Gasteiger partial charge < -0.3 is 10.5 Å². The number of nitrogens with two attached hydrogens (primary N) is 1. The fourth-order valence-electron chi connectivity index (χ4n) is 2.66. The first-order valence-corrected chi connectivity index (χ1v) is 6.95. The number of ether oxygens (including phenoxy) is 1. The van der Waals surface area contributed by atoms with Crippen LogP contribution in [0.15, 0.2) is 24.3 Å². The Kier molecular flexibility index (Phi) is 4.08. The summed E-state index contributed by atoms with van der Waals surface area (Å²) in [5.41, 5.74) is 8.78. The summed E-state index contributed by atoms with van der Waals surface area (Å²) in [5, 5.41) is 0. The normalized spacial score (nSPS) is 21.4. The summed E-state index contributed by atoms with van der Waals surface area (Å²) in [7, 11) is 0. The molecule has 2 unspecified atom stereocenters. The van der Waals surface area contributed by atoms with Crippen LogP contribution in [-0.4, -0.2) is 12.6 Å². The molecule has 18 heavy (non-hydrogen) atoms. The molecule has 0 spiro atoms. The van der Waals surface area contributed by atoms with E-state index >= 15 is 0 Å². The maximum absolute atomic E-state index is 6.31. The molecule has 2 nitrogen and oxygen atoms in total. The summed E-state index contributed by atoms with van der Waals surface area (Å²) < 4.78 is 6.31. The van der Waals surface area contributed by atoms with Gasteiger partial charge in [-0.25, -0.2) is 0 Å². The molecular weight excluding hydrogens is 222 g/mol. The Morgan fingerprint density at radius 2 is 2.06 bits per heavy atom. The third-order valence-corrected chi connectivity index (χ3v) is 3.82. The van der Waals surface area contributed by atoms with E-state index < -0.39 is 0 Å². The minimum atomic E-state index is 0.0984. The molecule has 100 valence electrons. The molecule has 1 aliphatic carbocycles. The minimum absolute atomic E-state index is 0.0984. The maximum Gasteiger partial charge on any atom is 0.0832 e. The van der Waals surface area contributed by atoms with Gasteiger partial charge in [-0.2, -0.15) is 0 Å². The number of aryl methyl sites for hydroxylation is 1. The summed E-state index contributed by atoms with van der Waals surface area (Å²) in [5.74, 6) is 0. The molecule has 0 bridgehead atoms. The quantitative estimate of drug-likeness (QED) is 0.888. The average molecular weight is 247 g/mol. The molecule has 1 aliphatic rings. The van der Waals surface area contributed by atoms with Crippen molar-refractivity contribution >= 4 is 0 Å². The Morgan fingerprint density at radius 3 is 2.72 bits per heavy atom. The van der Waals surface area contributed by atoms with Gasteiger partial charge in [-0.3, -0.25) is 0 Å². The van der Waals surface area contributed by atoms with Crippen LogP contribution in [0.25, 0.3) is 0 Å². The van der Waals surface area contributed by atoms with Crippen molar-refractivity contribution in [2.75, 3.05) is 6.54 Å². The summed E-state index contributed by atoms with van der Waals surface area (Å²) in [4.78, 5) is 0. The van der Waals surface area contributed by atoms with E-state index in [0.29, 0.717) is 6.54 Å². The lowest BCUT2D eigenvalue weighted by atomic mass is 9.86. The Hall–Kier alpha value is -0.860. The van der Waals surface area contributed by atoms with Gasteiger partial charge in [0.15, 0.2) is 0 Å². The number of rotatable bonds is 3. The van der Waals surface area contributed by atoms with Crippen LogP contribution in [0.4, 0.5) is 0 Å². The van der Waals surface area contributed by atoms with Crippen molar-refractivity contribution in [1.82, 2.24) is 0 Å². The number of hydrogen-bond acceptors (Lipinski definition) is 2. The molecule has 0 saturated carbocycles. The summed E-state index contributed by atoms with van der Waals surface area (Å²) in [6.07, 6.45) is 3.85. The third-order valence-electron chi connectivity index (χ3n) is 3.82. The molecule has 0 aliphatic heterocycles. The molecule has 2 atom stereocenters. The fraction of sp³-hybridized carbons (Fsp3) is 0.625. The molecule has 0 amide bonds. The highest BCUT2D eigenvalue weighted by Gasteiger charge is 2.29. The Balaban J connectivity index is 2.16. The largest absolute Gasteiger partial charge is 0.368 e. The smallest absolute Gasteiger partial charge is 0.0832 e. The average Bonchev–Trinajstić information content (AvgIpc) is 2.34. The lowest BCUT2D eigenvalue weighted by molar-refractivity contribution is -0.0686. The molecule has 2 heteroatoms. The number of benzene rings is 1. The number of hydrogen-bond donors (Lipinski definition) is 1. The molecule has 1 aromatic rings. The van der Waals surface area contributed by atoms with Crippen LogP contribution in [0, 0.1) is 5.41 Å².